The number of hydrogen-bond acceptors (Lipinski definition) is 4. The summed E-state index contributed by atoms with van der Waals surface area (Å²) >= 11 is 0. The Labute approximate surface area is 135 Å². The number of aryl methyl sites for hydroxylation is 1. The van der Waals surface area contributed by atoms with Crippen LogP contribution in [0.5, 0.6) is 17.2 Å². The minimum absolute atomic E-state index is 0.204. The summed E-state index contributed by atoms with van der Waals surface area (Å²) < 4.78 is 5.46. The van der Waals surface area contributed by atoms with Crippen molar-refractivity contribution in [3.63, 3.8) is 0 Å². The molecule has 0 radical (unpaired) electrons. The predicted octanol–water partition coefficient (Wildman–Crippen LogP) is 3.78. The minimum atomic E-state index is 0.204. The van der Waals surface area contributed by atoms with Gasteiger partial charge in [-0.15, -0.1) is 0 Å². The first-order chi connectivity index (χ1) is 10.9. The van der Waals surface area contributed by atoms with E-state index in [9.17, 15) is 10.2 Å². The van der Waals surface area contributed by atoms with Gasteiger partial charge in [0.2, 0.25) is 0 Å². The minimum Gasteiger partial charge on any atom is -0.507 e. The van der Waals surface area contributed by atoms with Gasteiger partial charge in [-0.1, -0.05) is 6.07 Å². The van der Waals surface area contributed by atoms with Crippen molar-refractivity contribution >= 4 is 21.5 Å². The quantitative estimate of drug-likeness (QED) is 0.723. The lowest BCUT2D eigenvalue weighted by Crippen LogP contribution is -2.11. The second kappa shape index (κ2) is 5.63. The van der Waals surface area contributed by atoms with E-state index in [1.165, 1.54) is 0 Å². The Bertz CT molecular complexity index is 900. The Balaban J connectivity index is 2.37. The summed E-state index contributed by atoms with van der Waals surface area (Å²) in [4.78, 5) is 1.98. The molecule has 0 unspecified atom stereocenters. The lowest BCUT2D eigenvalue weighted by molar-refractivity contribution is 0.359. The van der Waals surface area contributed by atoms with Gasteiger partial charge in [-0.25, -0.2) is 0 Å². The summed E-state index contributed by atoms with van der Waals surface area (Å²) in [5, 5.41) is 24.2. The summed E-state index contributed by atoms with van der Waals surface area (Å²) in [5.74, 6) is 1.10. The van der Waals surface area contributed by atoms with Gasteiger partial charge in [-0.3, -0.25) is 0 Å². The van der Waals surface area contributed by atoms with Crippen molar-refractivity contribution in [3.8, 4) is 17.2 Å². The van der Waals surface area contributed by atoms with Crippen molar-refractivity contribution in [1.82, 2.24) is 4.90 Å². The van der Waals surface area contributed by atoms with Crippen LogP contribution < -0.4 is 4.74 Å². The third-order valence-corrected chi connectivity index (χ3v) is 4.06. The van der Waals surface area contributed by atoms with Crippen molar-refractivity contribution in [1.29, 1.82) is 0 Å². The Hall–Kier alpha value is -2.46. The van der Waals surface area contributed by atoms with Crippen molar-refractivity contribution in [2.75, 3.05) is 21.2 Å². The largest absolute Gasteiger partial charge is 0.507 e. The van der Waals surface area contributed by atoms with Crippen LogP contribution in [0.4, 0.5) is 0 Å². The van der Waals surface area contributed by atoms with E-state index in [1.807, 2.05) is 50.2 Å². The fourth-order valence-electron chi connectivity index (χ4n) is 3.04. The first kappa shape index (κ1) is 15.4. The number of fused-ring (bicyclic) bond motifs is 2. The maximum Gasteiger partial charge on any atom is 0.131 e. The number of methoxy groups -OCH3 is 1. The van der Waals surface area contributed by atoms with Gasteiger partial charge >= 0.3 is 0 Å². The van der Waals surface area contributed by atoms with E-state index < -0.39 is 0 Å². The van der Waals surface area contributed by atoms with Crippen LogP contribution in [0.1, 0.15) is 11.1 Å². The van der Waals surface area contributed by atoms with Crippen LogP contribution in [0.3, 0.4) is 0 Å². The standard InChI is InChI=1S/C19H21NO3/c1-11-5-12-7-13-8-18(23-4)16(10-20(2)3)19(22)15(13)9-14(12)17(21)6-11/h5-9,21-22H,10H2,1-4H3. The summed E-state index contributed by atoms with van der Waals surface area (Å²) in [7, 11) is 5.49. The van der Waals surface area contributed by atoms with Gasteiger partial charge in [0.1, 0.15) is 17.2 Å². The van der Waals surface area contributed by atoms with Crippen LogP contribution >= 0.6 is 0 Å². The van der Waals surface area contributed by atoms with E-state index in [1.54, 1.807) is 13.2 Å². The number of benzene rings is 3. The molecule has 0 saturated heterocycles. The molecule has 120 valence electrons. The third kappa shape index (κ3) is 2.66. The van der Waals surface area contributed by atoms with Gasteiger partial charge < -0.3 is 19.8 Å². The molecule has 0 heterocycles. The molecule has 0 fully saturated rings. The van der Waals surface area contributed by atoms with Crippen molar-refractivity contribution in [3.05, 3.63) is 41.5 Å². The molecule has 0 aliphatic rings. The highest BCUT2D eigenvalue weighted by Gasteiger charge is 2.16. The molecule has 3 aromatic rings. The molecule has 0 saturated carbocycles. The van der Waals surface area contributed by atoms with E-state index in [0.717, 1.165) is 27.3 Å². The van der Waals surface area contributed by atoms with Gasteiger partial charge in [0.05, 0.1) is 12.7 Å². The summed E-state index contributed by atoms with van der Waals surface area (Å²) in [6.45, 7) is 2.52. The molecule has 0 aliphatic carbocycles. The number of ether oxygens (including phenoxy) is 1. The number of phenolic OH excluding ortho intramolecular Hbond substituents is 2. The normalized spacial score (nSPS) is 11.5. The highest BCUT2D eigenvalue weighted by Crippen LogP contribution is 2.40. The van der Waals surface area contributed by atoms with E-state index in [4.69, 9.17) is 4.74 Å². The molecule has 0 bridgehead atoms. The average molecular weight is 311 g/mol. The SMILES string of the molecule is COc1cc2cc3cc(C)cc(O)c3cc2c(O)c1CN(C)C. The highest BCUT2D eigenvalue weighted by atomic mass is 16.5. The predicted molar refractivity (Wildman–Crippen MR) is 93.5 cm³/mol. The van der Waals surface area contributed by atoms with Crippen LogP contribution in [0, 0.1) is 6.92 Å². The maximum atomic E-state index is 10.7. The molecule has 3 aromatic carbocycles. The average Bonchev–Trinajstić information content (AvgIpc) is 2.48. The van der Waals surface area contributed by atoms with Crippen molar-refractivity contribution in [2.45, 2.75) is 13.5 Å². The van der Waals surface area contributed by atoms with Crippen LogP contribution in [-0.4, -0.2) is 36.3 Å². The van der Waals surface area contributed by atoms with Crippen LogP contribution in [0.25, 0.3) is 21.5 Å². The number of rotatable bonds is 3. The zero-order chi connectivity index (χ0) is 16.7. The maximum absolute atomic E-state index is 10.7. The van der Waals surface area contributed by atoms with Gasteiger partial charge in [0.25, 0.3) is 0 Å². The monoisotopic (exact) mass is 311 g/mol. The number of nitrogens with zero attached hydrogens (tertiary/aromatic N) is 1. The number of phenols is 2. The molecule has 0 aliphatic heterocycles. The first-order valence-corrected chi connectivity index (χ1v) is 7.51. The van der Waals surface area contributed by atoms with E-state index in [2.05, 4.69) is 0 Å². The second-order valence-corrected chi connectivity index (χ2v) is 6.22. The Morgan fingerprint density at radius 2 is 1.65 bits per heavy atom. The summed E-state index contributed by atoms with van der Waals surface area (Å²) in [5.41, 5.74) is 1.74. The van der Waals surface area contributed by atoms with Crippen LogP contribution in [0.2, 0.25) is 0 Å². The Morgan fingerprint density at radius 1 is 0.957 bits per heavy atom. The van der Waals surface area contributed by atoms with E-state index in [0.29, 0.717) is 17.7 Å². The van der Waals surface area contributed by atoms with Gasteiger partial charge in [-0.2, -0.15) is 0 Å². The molecular formula is C19H21NO3. The lowest BCUT2D eigenvalue weighted by Gasteiger charge is -2.17. The highest BCUT2D eigenvalue weighted by molar-refractivity contribution is 6.04. The fraction of sp³-hybridized carbons (Fsp3) is 0.263. The van der Waals surface area contributed by atoms with Crippen LogP contribution in [-0.2, 0) is 6.54 Å². The van der Waals surface area contributed by atoms with Gasteiger partial charge in [0, 0.05) is 17.3 Å². The molecule has 0 aromatic heterocycles. The smallest absolute Gasteiger partial charge is 0.131 e. The molecule has 2 N–H and O–H groups in total. The summed E-state index contributed by atoms with van der Waals surface area (Å²) in [6.07, 6.45) is 0. The molecule has 3 rings (SSSR count). The fourth-order valence-corrected chi connectivity index (χ4v) is 3.04. The number of hydrogen-bond donors (Lipinski definition) is 2. The van der Waals surface area contributed by atoms with Gasteiger partial charge in [-0.05, 0) is 61.6 Å². The van der Waals surface area contributed by atoms with E-state index in [-0.39, 0.29) is 11.5 Å². The molecule has 4 nitrogen and oxygen atoms in total. The summed E-state index contributed by atoms with van der Waals surface area (Å²) in [6, 6.07) is 9.50. The second-order valence-electron chi connectivity index (χ2n) is 6.22. The zero-order valence-electron chi connectivity index (χ0n) is 13.8. The Morgan fingerprint density at radius 3 is 2.30 bits per heavy atom. The van der Waals surface area contributed by atoms with Crippen molar-refractivity contribution < 1.29 is 14.9 Å². The molecule has 0 spiro atoms. The van der Waals surface area contributed by atoms with Crippen LogP contribution in [0.15, 0.2) is 30.3 Å². The Kier molecular flexibility index (Phi) is 3.78. The topological polar surface area (TPSA) is 52.9 Å². The molecular weight excluding hydrogens is 290 g/mol. The third-order valence-electron chi connectivity index (χ3n) is 4.06. The molecule has 0 atom stereocenters. The molecule has 4 heteroatoms. The van der Waals surface area contributed by atoms with E-state index >= 15 is 0 Å². The number of aromatic hydroxyl groups is 2. The van der Waals surface area contributed by atoms with Crippen molar-refractivity contribution in [2.24, 2.45) is 0 Å². The zero-order valence-corrected chi connectivity index (χ0v) is 13.8. The van der Waals surface area contributed by atoms with Gasteiger partial charge in [0.15, 0.2) is 0 Å². The lowest BCUT2D eigenvalue weighted by atomic mass is 9.98. The molecule has 0 amide bonds. The first-order valence-electron chi connectivity index (χ1n) is 7.51. The molecule has 23 heavy (non-hydrogen) atoms.